The Morgan fingerprint density at radius 2 is 2.27 bits per heavy atom. The van der Waals surface area contributed by atoms with E-state index in [9.17, 15) is 0 Å². The molecule has 0 bridgehead atoms. The van der Waals surface area contributed by atoms with Crippen molar-refractivity contribution in [2.75, 3.05) is 5.73 Å². The number of rotatable bonds is 0. The zero-order valence-corrected chi connectivity index (χ0v) is 6.98. The van der Waals surface area contributed by atoms with Crippen LogP contribution >= 0.6 is 15.9 Å². The van der Waals surface area contributed by atoms with E-state index in [1.165, 1.54) is 6.20 Å². The Morgan fingerprint density at radius 3 is 3.09 bits per heavy atom. The van der Waals surface area contributed by atoms with Gasteiger partial charge in [0.15, 0.2) is 0 Å². The van der Waals surface area contributed by atoms with Gasteiger partial charge in [0.2, 0.25) is 4.73 Å². The summed E-state index contributed by atoms with van der Waals surface area (Å²) >= 11 is 3.19. The first-order chi connectivity index (χ1) is 5.27. The number of nitrogen functional groups attached to an aromatic ring is 1. The maximum atomic E-state index is 5.49. The van der Waals surface area contributed by atoms with Gasteiger partial charge in [0.25, 0.3) is 5.78 Å². The molecule has 0 atom stereocenters. The number of hydrogen-bond acceptors (Lipinski definition) is 4. The van der Waals surface area contributed by atoms with Gasteiger partial charge in [-0.3, -0.25) is 4.40 Å². The molecular formula is C5H4BrN5. The number of anilines is 1. The molecule has 0 aliphatic carbocycles. The molecule has 5 nitrogen and oxygen atoms in total. The highest BCUT2D eigenvalue weighted by Crippen LogP contribution is 2.09. The first kappa shape index (κ1) is 6.53. The zero-order valence-electron chi connectivity index (χ0n) is 5.40. The molecule has 0 spiro atoms. The van der Waals surface area contributed by atoms with Gasteiger partial charge in [-0.25, -0.2) is 4.98 Å². The van der Waals surface area contributed by atoms with Gasteiger partial charge >= 0.3 is 0 Å². The largest absolute Gasteiger partial charge is 0.396 e. The van der Waals surface area contributed by atoms with Crippen LogP contribution in [0.4, 0.5) is 5.69 Å². The standard InChI is InChI=1S/C5H4BrN5/c6-4-9-10-5-8-1-3(7)2-11(4)5/h1-2H,7H2. The van der Waals surface area contributed by atoms with Crippen molar-refractivity contribution in [2.45, 2.75) is 0 Å². The Balaban J connectivity index is 2.87. The first-order valence-electron chi connectivity index (χ1n) is 2.89. The van der Waals surface area contributed by atoms with Crippen molar-refractivity contribution >= 4 is 27.4 Å². The summed E-state index contributed by atoms with van der Waals surface area (Å²) in [6, 6.07) is 0. The van der Waals surface area contributed by atoms with Crippen molar-refractivity contribution in [1.29, 1.82) is 0 Å². The summed E-state index contributed by atoms with van der Waals surface area (Å²) in [6.45, 7) is 0. The van der Waals surface area contributed by atoms with Gasteiger partial charge < -0.3 is 5.73 Å². The van der Waals surface area contributed by atoms with Gasteiger partial charge in [0.05, 0.1) is 11.9 Å². The van der Waals surface area contributed by atoms with Crippen LogP contribution in [0.3, 0.4) is 0 Å². The van der Waals surface area contributed by atoms with Gasteiger partial charge in [-0.15, -0.1) is 10.2 Å². The van der Waals surface area contributed by atoms with Crippen LogP contribution in [0.15, 0.2) is 17.1 Å². The molecule has 0 amide bonds. The summed E-state index contributed by atoms with van der Waals surface area (Å²) in [7, 11) is 0. The van der Waals surface area contributed by atoms with Crippen LogP contribution in [0, 0.1) is 0 Å². The molecule has 0 saturated carbocycles. The lowest BCUT2D eigenvalue weighted by atomic mass is 10.6. The number of nitrogens with zero attached hydrogens (tertiary/aromatic N) is 4. The average Bonchev–Trinajstić information content (AvgIpc) is 2.33. The molecule has 11 heavy (non-hydrogen) atoms. The topological polar surface area (TPSA) is 69.1 Å². The summed E-state index contributed by atoms with van der Waals surface area (Å²) in [5.74, 6) is 0.533. The number of halogens is 1. The van der Waals surface area contributed by atoms with Crippen molar-refractivity contribution in [2.24, 2.45) is 0 Å². The van der Waals surface area contributed by atoms with Gasteiger partial charge in [-0.05, 0) is 15.9 Å². The van der Waals surface area contributed by atoms with Crippen LogP contribution in [0.1, 0.15) is 0 Å². The highest BCUT2D eigenvalue weighted by atomic mass is 79.9. The zero-order chi connectivity index (χ0) is 7.84. The number of nitrogens with two attached hydrogens (primary N) is 1. The molecule has 0 saturated heterocycles. The lowest BCUT2D eigenvalue weighted by Gasteiger charge is -1.92. The Bertz CT molecular complexity index is 395. The second-order valence-corrected chi connectivity index (χ2v) is 2.74. The maximum absolute atomic E-state index is 5.49. The first-order valence-corrected chi connectivity index (χ1v) is 3.68. The van der Waals surface area contributed by atoms with Crippen LogP contribution < -0.4 is 5.73 Å². The van der Waals surface area contributed by atoms with E-state index in [1.807, 2.05) is 0 Å². The third-order valence-electron chi connectivity index (χ3n) is 1.24. The summed E-state index contributed by atoms with van der Waals surface area (Å²) in [6.07, 6.45) is 3.24. The minimum Gasteiger partial charge on any atom is -0.396 e. The van der Waals surface area contributed by atoms with Crippen LogP contribution in [0.5, 0.6) is 0 Å². The molecule has 56 valence electrons. The van der Waals surface area contributed by atoms with Crippen molar-refractivity contribution in [3.63, 3.8) is 0 Å². The molecular weight excluding hydrogens is 210 g/mol. The smallest absolute Gasteiger partial charge is 0.255 e. The summed E-state index contributed by atoms with van der Waals surface area (Å²) in [5.41, 5.74) is 6.07. The Kier molecular flexibility index (Phi) is 1.28. The molecule has 0 fully saturated rings. The average molecular weight is 214 g/mol. The normalized spacial score (nSPS) is 10.6. The van der Waals surface area contributed by atoms with Gasteiger partial charge in [0, 0.05) is 6.20 Å². The summed E-state index contributed by atoms with van der Waals surface area (Å²) in [4.78, 5) is 3.94. The summed E-state index contributed by atoms with van der Waals surface area (Å²) < 4.78 is 2.27. The van der Waals surface area contributed by atoms with Crippen molar-refractivity contribution in [3.8, 4) is 0 Å². The van der Waals surface area contributed by atoms with E-state index in [4.69, 9.17) is 5.73 Å². The molecule has 2 heterocycles. The molecule has 0 radical (unpaired) electrons. The third kappa shape index (κ3) is 0.949. The maximum Gasteiger partial charge on any atom is 0.255 e. The second kappa shape index (κ2) is 2.16. The summed E-state index contributed by atoms with van der Waals surface area (Å²) in [5, 5.41) is 7.51. The molecule has 2 rings (SSSR count). The van der Waals surface area contributed by atoms with Crippen LogP contribution in [-0.4, -0.2) is 19.6 Å². The Morgan fingerprint density at radius 1 is 1.45 bits per heavy atom. The van der Waals surface area contributed by atoms with Crippen LogP contribution in [0.25, 0.3) is 5.78 Å². The van der Waals surface area contributed by atoms with Gasteiger partial charge in [-0.1, -0.05) is 0 Å². The Hall–Kier alpha value is -1.17. The molecule has 6 heteroatoms. The Labute approximate surface area is 70.4 Å². The van der Waals surface area contributed by atoms with Crippen molar-refractivity contribution in [1.82, 2.24) is 19.6 Å². The molecule has 0 aliphatic rings. The van der Waals surface area contributed by atoms with E-state index in [1.54, 1.807) is 10.6 Å². The lowest BCUT2D eigenvalue weighted by Crippen LogP contribution is -1.93. The number of aromatic nitrogens is 4. The minimum atomic E-state index is 0.533. The molecule has 0 aromatic carbocycles. The second-order valence-electron chi connectivity index (χ2n) is 2.03. The quantitative estimate of drug-likeness (QED) is 0.691. The highest BCUT2D eigenvalue weighted by molar-refractivity contribution is 9.10. The van der Waals surface area contributed by atoms with Crippen LogP contribution in [0.2, 0.25) is 0 Å². The van der Waals surface area contributed by atoms with E-state index in [-0.39, 0.29) is 0 Å². The van der Waals surface area contributed by atoms with E-state index >= 15 is 0 Å². The molecule has 0 unspecified atom stereocenters. The van der Waals surface area contributed by atoms with Gasteiger partial charge in [-0.2, -0.15) is 0 Å². The molecule has 2 N–H and O–H groups in total. The van der Waals surface area contributed by atoms with E-state index in [0.29, 0.717) is 16.2 Å². The molecule has 2 aromatic heterocycles. The van der Waals surface area contributed by atoms with E-state index in [0.717, 1.165) is 0 Å². The fourth-order valence-electron chi connectivity index (χ4n) is 0.779. The lowest BCUT2D eigenvalue weighted by molar-refractivity contribution is 1.05. The highest BCUT2D eigenvalue weighted by Gasteiger charge is 2.01. The van der Waals surface area contributed by atoms with Gasteiger partial charge in [0.1, 0.15) is 0 Å². The number of fused-ring (bicyclic) bond motifs is 1. The SMILES string of the molecule is Nc1cnc2nnc(Br)n2c1. The van der Waals surface area contributed by atoms with Crippen molar-refractivity contribution < 1.29 is 0 Å². The van der Waals surface area contributed by atoms with Crippen molar-refractivity contribution in [3.05, 3.63) is 17.1 Å². The fraction of sp³-hybridized carbons (Fsp3) is 0. The molecule has 2 aromatic rings. The predicted octanol–water partition coefficient (Wildman–Crippen LogP) is 0.469. The predicted molar refractivity (Wildman–Crippen MR) is 42.9 cm³/mol. The monoisotopic (exact) mass is 213 g/mol. The number of hydrogen-bond donors (Lipinski definition) is 1. The van der Waals surface area contributed by atoms with E-state index < -0.39 is 0 Å². The fourth-order valence-corrected chi connectivity index (χ4v) is 1.12. The van der Waals surface area contributed by atoms with Crippen LogP contribution in [-0.2, 0) is 0 Å². The molecule has 0 aliphatic heterocycles. The van der Waals surface area contributed by atoms with E-state index in [2.05, 4.69) is 31.1 Å². The third-order valence-corrected chi connectivity index (χ3v) is 1.78. The minimum absolute atomic E-state index is 0.533.